The smallest absolute Gasteiger partial charge is 0.307 e. The molecule has 88 valence electrons. The van der Waals surface area contributed by atoms with Gasteiger partial charge in [0.25, 0.3) is 0 Å². The molecule has 2 aromatic rings. The summed E-state index contributed by atoms with van der Waals surface area (Å²) in [5.41, 5.74) is 2.32. The van der Waals surface area contributed by atoms with E-state index in [9.17, 15) is 4.79 Å². The molecule has 0 bridgehead atoms. The Morgan fingerprint density at radius 1 is 1.59 bits per heavy atom. The van der Waals surface area contributed by atoms with Crippen LogP contribution in [0.15, 0.2) is 42.9 Å². The van der Waals surface area contributed by atoms with Crippen molar-refractivity contribution in [2.45, 2.75) is 0 Å². The lowest BCUT2D eigenvalue weighted by atomic mass is 10.4. The van der Waals surface area contributed by atoms with Crippen LogP contribution in [0.3, 0.4) is 0 Å². The zero-order valence-electron chi connectivity index (χ0n) is 8.31. The molecular formula is C10H6BrIN2O3. The molecule has 0 fully saturated rings. The zero-order valence-corrected chi connectivity index (χ0v) is 12.1. The van der Waals surface area contributed by atoms with Crippen LogP contribution in [-0.2, 0) is 0 Å². The molecule has 5 nitrogen and oxygen atoms in total. The number of nitrogens with zero attached hydrogens (tertiary/aromatic N) is 1. The van der Waals surface area contributed by atoms with Crippen molar-refractivity contribution in [1.82, 2.24) is 5.43 Å². The summed E-state index contributed by atoms with van der Waals surface area (Å²) in [6.45, 7) is 0. The second-order valence-electron chi connectivity index (χ2n) is 2.95. The molecule has 0 unspecified atom stereocenters. The normalized spacial score (nSPS) is 10.9. The predicted molar refractivity (Wildman–Crippen MR) is 72.9 cm³/mol. The van der Waals surface area contributed by atoms with E-state index in [2.05, 4.69) is 26.5 Å². The number of hydrazone groups is 1. The monoisotopic (exact) mass is 408 g/mol. The lowest BCUT2D eigenvalue weighted by molar-refractivity contribution is 0.0927. The van der Waals surface area contributed by atoms with Crippen LogP contribution in [0.1, 0.15) is 16.3 Å². The Hall–Kier alpha value is -1.09. The molecule has 0 saturated carbocycles. The van der Waals surface area contributed by atoms with Gasteiger partial charge in [0.05, 0.1) is 17.0 Å². The number of hydrogen-bond acceptors (Lipinski definition) is 4. The summed E-state index contributed by atoms with van der Waals surface area (Å²) in [7, 11) is 0. The minimum Gasteiger partial charge on any atom is -0.459 e. The minimum absolute atomic E-state index is 0.206. The average Bonchev–Trinajstić information content (AvgIpc) is 2.90. The highest BCUT2D eigenvalue weighted by Crippen LogP contribution is 2.21. The Labute approximate surface area is 119 Å². The molecule has 1 N–H and O–H groups in total. The van der Waals surface area contributed by atoms with Gasteiger partial charge in [-0.05, 0) is 28.1 Å². The first-order valence-electron chi connectivity index (χ1n) is 4.48. The highest BCUT2D eigenvalue weighted by Gasteiger charge is 2.07. The molecule has 1 amide bonds. The van der Waals surface area contributed by atoms with Gasteiger partial charge in [0.15, 0.2) is 9.53 Å². The third-order valence-corrected chi connectivity index (χ3v) is 3.90. The Morgan fingerprint density at radius 3 is 3.00 bits per heavy atom. The molecule has 0 radical (unpaired) electrons. The van der Waals surface area contributed by atoms with Crippen molar-refractivity contribution < 1.29 is 13.6 Å². The van der Waals surface area contributed by atoms with Crippen LogP contribution in [0.5, 0.6) is 0 Å². The van der Waals surface area contributed by atoms with Crippen molar-refractivity contribution >= 4 is 50.6 Å². The highest BCUT2D eigenvalue weighted by atomic mass is 127. The number of carbonyl (C=O) groups is 1. The fourth-order valence-corrected chi connectivity index (χ4v) is 1.76. The van der Waals surface area contributed by atoms with E-state index in [0.717, 1.165) is 8.24 Å². The number of rotatable bonds is 3. The second-order valence-corrected chi connectivity index (χ2v) is 4.78. The third kappa shape index (κ3) is 3.19. The highest BCUT2D eigenvalue weighted by molar-refractivity contribution is 14.1. The van der Waals surface area contributed by atoms with Crippen molar-refractivity contribution in [3.05, 3.63) is 44.2 Å². The first-order chi connectivity index (χ1) is 8.16. The van der Waals surface area contributed by atoms with Gasteiger partial charge < -0.3 is 8.83 Å². The summed E-state index contributed by atoms with van der Waals surface area (Å²) < 4.78 is 11.8. The van der Waals surface area contributed by atoms with Crippen molar-refractivity contribution in [3.63, 3.8) is 0 Å². The molecule has 0 spiro atoms. The van der Waals surface area contributed by atoms with E-state index >= 15 is 0 Å². The third-order valence-electron chi connectivity index (χ3n) is 1.77. The van der Waals surface area contributed by atoms with Crippen LogP contribution in [0, 0.1) is 3.77 Å². The van der Waals surface area contributed by atoms with Gasteiger partial charge in [-0.1, -0.05) is 0 Å². The molecule has 2 aromatic heterocycles. The van der Waals surface area contributed by atoms with Gasteiger partial charge in [-0.2, -0.15) is 5.10 Å². The Bertz CT molecular complexity index is 528. The van der Waals surface area contributed by atoms with Crippen molar-refractivity contribution in [2.24, 2.45) is 5.10 Å². The lowest BCUT2D eigenvalue weighted by Gasteiger charge is -1.93. The van der Waals surface area contributed by atoms with E-state index in [-0.39, 0.29) is 5.76 Å². The van der Waals surface area contributed by atoms with Crippen molar-refractivity contribution in [2.75, 3.05) is 0 Å². The average molecular weight is 409 g/mol. The minimum atomic E-state index is -0.411. The summed E-state index contributed by atoms with van der Waals surface area (Å²) in [5, 5.41) is 3.75. The zero-order chi connectivity index (χ0) is 12.3. The Kier molecular flexibility index (Phi) is 4.00. The molecule has 17 heavy (non-hydrogen) atoms. The molecule has 0 atom stereocenters. The van der Waals surface area contributed by atoms with Gasteiger partial charge >= 0.3 is 5.91 Å². The topological polar surface area (TPSA) is 67.7 Å². The molecule has 0 aromatic carbocycles. The quantitative estimate of drug-likeness (QED) is 0.482. The van der Waals surface area contributed by atoms with Gasteiger partial charge in [-0.3, -0.25) is 4.79 Å². The van der Waals surface area contributed by atoms with Crippen molar-refractivity contribution in [1.29, 1.82) is 0 Å². The fraction of sp³-hybridized carbons (Fsp3) is 0. The number of halogens is 2. The fourth-order valence-electron chi connectivity index (χ4n) is 1.04. The summed E-state index contributed by atoms with van der Waals surface area (Å²) in [6.07, 6.45) is 2.83. The summed E-state index contributed by atoms with van der Waals surface area (Å²) in [6, 6.07) is 4.94. The number of carbonyl (C=O) groups excluding carboxylic acids is 1. The molecule has 7 heteroatoms. The maximum Gasteiger partial charge on any atom is 0.307 e. The van der Waals surface area contributed by atoms with E-state index in [1.54, 1.807) is 18.2 Å². The van der Waals surface area contributed by atoms with Gasteiger partial charge in [-0.25, -0.2) is 5.43 Å². The van der Waals surface area contributed by atoms with Gasteiger partial charge in [0.1, 0.15) is 5.76 Å². The Morgan fingerprint density at radius 2 is 2.41 bits per heavy atom. The largest absolute Gasteiger partial charge is 0.459 e. The molecule has 0 aliphatic carbocycles. The molecule has 0 aliphatic heterocycles. The Balaban J connectivity index is 1.96. The molecule has 2 heterocycles. The van der Waals surface area contributed by atoms with E-state index < -0.39 is 5.91 Å². The first kappa shape index (κ1) is 12.4. The van der Waals surface area contributed by atoms with Crippen LogP contribution in [-0.4, -0.2) is 12.1 Å². The summed E-state index contributed by atoms with van der Waals surface area (Å²) >= 11 is 5.34. The summed E-state index contributed by atoms with van der Waals surface area (Å²) in [5.74, 6) is 0.338. The van der Waals surface area contributed by atoms with Crippen LogP contribution >= 0.6 is 38.5 Å². The van der Waals surface area contributed by atoms with E-state index in [1.807, 2.05) is 22.6 Å². The molecule has 0 saturated heterocycles. The van der Waals surface area contributed by atoms with Crippen molar-refractivity contribution in [3.8, 4) is 0 Å². The number of nitrogens with one attached hydrogen (secondary N) is 1. The maximum atomic E-state index is 11.4. The lowest BCUT2D eigenvalue weighted by Crippen LogP contribution is -2.16. The molecule has 0 aliphatic rings. The van der Waals surface area contributed by atoms with Crippen LogP contribution in [0.4, 0.5) is 0 Å². The maximum absolute atomic E-state index is 11.4. The van der Waals surface area contributed by atoms with Gasteiger partial charge in [-0.15, -0.1) is 0 Å². The standard InChI is InChI=1S/C10H6BrIN2O3/c11-7-4-6(17-9(7)12)5-13-14-10(15)8-2-1-3-16-8/h1-5H,(H,14,15)/b13-5-. The number of amides is 1. The van der Waals surface area contributed by atoms with Gasteiger partial charge in [0, 0.05) is 28.7 Å². The van der Waals surface area contributed by atoms with Crippen LogP contribution in [0.2, 0.25) is 0 Å². The number of hydrogen-bond donors (Lipinski definition) is 1. The van der Waals surface area contributed by atoms with E-state index in [0.29, 0.717) is 5.76 Å². The number of furan rings is 2. The van der Waals surface area contributed by atoms with Gasteiger partial charge in [0.2, 0.25) is 0 Å². The van der Waals surface area contributed by atoms with E-state index in [1.165, 1.54) is 12.5 Å². The predicted octanol–water partition coefficient (Wildman–Crippen LogP) is 3.00. The first-order valence-corrected chi connectivity index (χ1v) is 6.36. The van der Waals surface area contributed by atoms with Crippen LogP contribution in [0.25, 0.3) is 0 Å². The van der Waals surface area contributed by atoms with E-state index in [4.69, 9.17) is 8.83 Å². The summed E-state index contributed by atoms with van der Waals surface area (Å²) in [4.78, 5) is 11.4. The second kappa shape index (κ2) is 5.50. The molecular weight excluding hydrogens is 403 g/mol. The van der Waals surface area contributed by atoms with Crippen LogP contribution < -0.4 is 5.43 Å². The SMILES string of the molecule is O=C(N/N=C\c1cc(Br)c(I)o1)c1ccco1. The molecule has 2 rings (SSSR count).